The molecule has 1 aliphatic rings. The van der Waals surface area contributed by atoms with Gasteiger partial charge in [0.2, 0.25) is 0 Å². The minimum absolute atomic E-state index is 0.0388. The van der Waals surface area contributed by atoms with E-state index in [1.807, 2.05) is 48.6 Å². The highest BCUT2D eigenvalue weighted by atomic mass is 35.5. The SMILES string of the molecule is CC(C)(C)C1(Cl)C=CC(C(=O)c2ccccc2)=CC1. The first-order valence-corrected chi connectivity index (χ1v) is 6.89. The molecule has 0 saturated carbocycles. The molecule has 0 heterocycles. The van der Waals surface area contributed by atoms with Crippen LogP contribution < -0.4 is 0 Å². The van der Waals surface area contributed by atoms with Crippen molar-refractivity contribution in [1.82, 2.24) is 0 Å². The van der Waals surface area contributed by atoms with E-state index in [-0.39, 0.29) is 11.2 Å². The Kier molecular flexibility index (Phi) is 3.69. The summed E-state index contributed by atoms with van der Waals surface area (Å²) < 4.78 is 0. The third-order valence-corrected chi connectivity index (χ3v) is 4.54. The first-order valence-electron chi connectivity index (χ1n) is 6.51. The predicted octanol–water partition coefficient (Wildman–Crippen LogP) is 4.78. The molecule has 19 heavy (non-hydrogen) atoms. The van der Waals surface area contributed by atoms with Crippen LogP contribution in [-0.2, 0) is 0 Å². The summed E-state index contributed by atoms with van der Waals surface area (Å²) in [5.74, 6) is 0.0597. The molecule has 1 atom stereocenters. The summed E-state index contributed by atoms with van der Waals surface area (Å²) >= 11 is 6.62. The number of ketones is 1. The molecule has 0 N–H and O–H groups in total. The van der Waals surface area contributed by atoms with Gasteiger partial charge in [0.05, 0.1) is 4.87 Å². The quantitative estimate of drug-likeness (QED) is 0.560. The van der Waals surface area contributed by atoms with Gasteiger partial charge in [-0.15, -0.1) is 11.6 Å². The molecule has 0 spiro atoms. The summed E-state index contributed by atoms with van der Waals surface area (Å²) in [6.45, 7) is 6.34. The molecule has 0 aromatic heterocycles. The fourth-order valence-electron chi connectivity index (χ4n) is 2.10. The van der Waals surface area contributed by atoms with Gasteiger partial charge in [-0.2, -0.15) is 0 Å². The molecule has 0 aliphatic heterocycles. The van der Waals surface area contributed by atoms with Crippen LogP contribution in [0.2, 0.25) is 0 Å². The van der Waals surface area contributed by atoms with Gasteiger partial charge in [-0.05, 0) is 11.8 Å². The first-order chi connectivity index (χ1) is 8.83. The van der Waals surface area contributed by atoms with Crippen molar-refractivity contribution in [3.05, 3.63) is 59.7 Å². The van der Waals surface area contributed by atoms with Gasteiger partial charge in [0.15, 0.2) is 5.78 Å². The van der Waals surface area contributed by atoms with E-state index in [0.717, 1.165) is 11.1 Å². The monoisotopic (exact) mass is 274 g/mol. The van der Waals surface area contributed by atoms with Gasteiger partial charge >= 0.3 is 0 Å². The van der Waals surface area contributed by atoms with Gasteiger partial charge in [-0.3, -0.25) is 4.79 Å². The predicted molar refractivity (Wildman–Crippen MR) is 80.7 cm³/mol. The van der Waals surface area contributed by atoms with Crippen molar-refractivity contribution in [3.63, 3.8) is 0 Å². The van der Waals surface area contributed by atoms with E-state index in [9.17, 15) is 4.79 Å². The molecular formula is C17H19ClO. The van der Waals surface area contributed by atoms with Gasteiger partial charge in [0, 0.05) is 11.1 Å². The topological polar surface area (TPSA) is 17.1 Å². The second-order valence-electron chi connectivity index (χ2n) is 6.00. The number of hydrogen-bond acceptors (Lipinski definition) is 1. The molecular weight excluding hydrogens is 256 g/mol. The Morgan fingerprint density at radius 1 is 1.21 bits per heavy atom. The van der Waals surface area contributed by atoms with Crippen LogP contribution in [0.15, 0.2) is 54.1 Å². The van der Waals surface area contributed by atoms with Crippen molar-refractivity contribution in [2.24, 2.45) is 5.41 Å². The maximum atomic E-state index is 12.3. The van der Waals surface area contributed by atoms with Gasteiger partial charge in [-0.25, -0.2) is 0 Å². The summed E-state index contributed by atoms with van der Waals surface area (Å²) in [7, 11) is 0. The molecule has 0 fully saturated rings. The second-order valence-corrected chi connectivity index (χ2v) is 6.68. The van der Waals surface area contributed by atoms with E-state index in [1.165, 1.54) is 0 Å². The minimum Gasteiger partial charge on any atom is -0.289 e. The number of carbonyl (C=O) groups is 1. The van der Waals surface area contributed by atoms with Crippen molar-refractivity contribution in [3.8, 4) is 0 Å². The lowest BCUT2D eigenvalue weighted by Gasteiger charge is -2.38. The number of benzene rings is 1. The molecule has 1 aliphatic carbocycles. The first kappa shape index (κ1) is 14.1. The van der Waals surface area contributed by atoms with Crippen LogP contribution in [0.1, 0.15) is 37.6 Å². The normalized spacial score (nSPS) is 23.1. The van der Waals surface area contributed by atoms with Gasteiger partial charge in [0.1, 0.15) is 0 Å². The molecule has 1 unspecified atom stereocenters. The van der Waals surface area contributed by atoms with E-state index in [0.29, 0.717) is 6.42 Å². The third kappa shape index (κ3) is 2.82. The zero-order chi connectivity index (χ0) is 14.1. The number of rotatable bonds is 2. The van der Waals surface area contributed by atoms with E-state index in [1.54, 1.807) is 0 Å². The highest BCUT2D eigenvalue weighted by molar-refractivity contribution is 6.26. The number of alkyl halides is 1. The Morgan fingerprint density at radius 2 is 1.84 bits per heavy atom. The van der Waals surface area contributed by atoms with Crippen LogP contribution in [0.5, 0.6) is 0 Å². The maximum absolute atomic E-state index is 12.3. The number of hydrogen-bond donors (Lipinski definition) is 0. The Balaban J connectivity index is 2.20. The van der Waals surface area contributed by atoms with Crippen LogP contribution >= 0.6 is 11.6 Å². The van der Waals surface area contributed by atoms with Crippen molar-refractivity contribution in [2.75, 3.05) is 0 Å². The highest BCUT2D eigenvalue weighted by Gasteiger charge is 2.38. The molecule has 1 aromatic rings. The lowest BCUT2D eigenvalue weighted by Crippen LogP contribution is -2.36. The van der Waals surface area contributed by atoms with Gasteiger partial charge in [-0.1, -0.05) is 69.3 Å². The Labute approximate surface area is 120 Å². The molecule has 2 heteroatoms. The average molecular weight is 275 g/mol. The highest BCUT2D eigenvalue weighted by Crippen LogP contribution is 2.43. The fourth-order valence-corrected chi connectivity index (χ4v) is 2.24. The smallest absolute Gasteiger partial charge is 0.192 e. The van der Waals surface area contributed by atoms with Crippen molar-refractivity contribution in [1.29, 1.82) is 0 Å². The summed E-state index contributed by atoms with van der Waals surface area (Å²) in [5, 5.41) is 0. The zero-order valence-electron chi connectivity index (χ0n) is 11.6. The van der Waals surface area contributed by atoms with E-state index in [2.05, 4.69) is 20.8 Å². The molecule has 1 aromatic carbocycles. The number of Topliss-reactive ketones (excluding diaryl/α,β-unsaturated/α-hetero) is 1. The lowest BCUT2D eigenvalue weighted by atomic mass is 9.75. The molecule has 100 valence electrons. The maximum Gasteiger partial charge on any atom is 0.192 e. The number of halogens is 1. The molecule has 2 rings (SSSR count). The third-order valence-electron chi connectivity index (χ3n) is 3.69. The van der Waals surface area contributed by atoms with Crippen LogP contribution in [0.3, 0.4) is 0 Å². The van der Waals surface area contributed by atoms with E-state index >= 15 is 0 Å². The van der Waals surface area contributed by atoms with Crippen LogP contribution in [0.4, 0.5) is 0 Å². The number of carbonyl (C=O) groups excluding carboxylic acids is 1. The van der Waals surface area contributed by atoms with Gasteiger partial charge < -0.3 is 0 Å². The standard InChI is InChI=1S/C17H19ClO/c1-16(2,3)17(18)11-9-14(10-12-17)15(19)13-7-5-4-6-8-13/h4-11H,12H2,1-3H3. The Bertz CT molecular complexity index is 534. The Hall–Kier alpha value is -1.34. The zero-order valence-corrected chi connectivity index (χ0v) is 12.4. The lowest BCUT2D eigenvalue weighted by molar-refractivity contribution is 0.103. The Morgan fingerprint density at radius 3 is 2.32 bits per heavy atom. The number of allylic oxidation sites excluding steroid dienone is 4. The van der Waals surface area contributed by atoms with E-state index < -0.39 is 4.87 Å². The van der Waals surface area contributed by atoms with Crippen LogP contribution in [-0.4, -0.2) is 10.7 Å². The van der Waals surface area contributed by atoms with Crippen molar-refractivity contribution >= 4 is 17.4 Å². The van der Waals surface area contributed by atoms with Crippen LogP contribution in [0.25, 0.3) is 0 Å². The van der Waals surface area contributed by atoms with Gasteiger partial charge in [0.25, 0.3) is 0 Å². The molecule has 1 nitrogen and oxygen atoms in total. The molecule has 0 radical (unpaired) electrons. The average Bonchev–Trinajstić information content (AvgIpc) is 2.39. The van der Waals surface area contributed by atoms with E-state index in [4.69, 9.17) is 11.6 Å². The molecule has 0 amide bonds. The largest absolute Gasteiger partial charge is 0.289 e. The van der Waals surface area contributed by atoms with Crippen LogP contribution in [0, 0.1) is 5.41 Å². The minimum atomic E-state index is -0.409. The summed E-state index contributed by atoms with van der Waals surface area (Å²) in [5.41, 5.74) is 1.41. The fraction of sp³-hybridized carbons (Fsp3) is 0.353. The molecule has 0 saturated heterocycles. The summed E-state index contributed by atoms with van der Waals surface area (Å²) in [6.07, 6.45) is 6.46. The van der Waals surface area contributed by atoms with Crippen molar-refractivity contribution < 1.29 is 4.79 Å². The second kappa shape index (κ2) is 4.97. The van der Waals surface area contributed by atoms with Crippen molar-refractivity contribution in [2.45, 2.75) is 32.1 Å². The molecule has 0 bridgehead atoms. The summed E-state index contributed by atoms with van der Waals surface area (Å²) in [4.78, 5) is 11.9. The summed E-state index contributed by atoms with van der Waals surface area (Å²) in [6, 6.07) is 9.33.